The Balaban J connectivity index is 2.64. The Morgan fingerprint density at radius 3 is 2.50 bits per heavy atom. The molecule has 1 unspecified atom stereocenters. The third-order valence-electron chi connectivity index (χ3n) is 2.83. The maximum absolute atomic E-state index is 5.86. The third-order valence-corrected chi connectivity index (χ3v) is 2.83. The fourth-order valence-electron chi connectivity index (χ4n) is 2.20. The van der Waals surface area contributed by atoms with Crippen LogP contribution in [-0.4, -0.2) is 11.0 Å². The van der Waals surface area contributed by atoms with Crippen molar-refractivity contribution in [2.75, 3.05) is 0 Å². The molecule has 0 aliphatic carbocycles. The van der Waals surface area contributed by atoms with Gasteiger partial charge in [-0.3, -0.25) is 4.98 Å². The van der Waals surface area contributed by atoms with Gasteiger partial charge in [-0.2, -0.15) is 0 Å². The van der Waals surface area contributed by atoms with Gasteiger partial charge in [-0.1, -0.05) is 26.8 Å². The summed E-state index contributed by atoms with van der Waals surface area (Å²) in [5.41, 5.74) is 8.56. The van der Waals surface area contributed by atoms with E-state index in [1.165, 1.54) is 11.3 Å². The zero-order chi connectivity index (χ0) is 12.2. The Morgan fingerprint density at radius 2 is 2.06 bits per heavy atom. The molecule has 90 valence electrons. The lowest BCUT2D eigenvalue weighted by Crippen LogP contribution is -2.27. The molecule has 0 aromatic carbocycles. The van der Waals surface area contributed by atoms with E-state index in [-0.39, 0.29) is 11.5 Å². The van der Waals surface area contributed by atoms with Crippen LogP contribution in [0, 0.1) is 5.41 Å². The van der Waals surface area contributed by atoms with Crippen LogP contribution >= 0.6 is 0 Å². The minimum absolute atomic E-state index is 0.231. The molecule has 0 saturated heterocycles. The summed E-state index contributed by atoms with van der Waals surface area (Å²) in [4.78, 5) is 4.50. The normalized spacial score (nSPS) is 13.8. The van der Waals surface area contributed by atoms with E-state index in [1.54, 1.807) is 0 Å². The van der Waals surface area contributed by atoms with Crippen LogP contribution in [0.5, 0.6) is 0 Å². The average Bonchev–Trinajstić information content (AvgIpc) is 2.16. The van der Waals surface area contributed by atoms with Crippen molar-refractivity contribution in [3.63, 3.8) is 0 Å². The second-order valence-corrected chi connectivity index (χ2v) is 5.53. The van der Waals surface area contributed by atoms with E-state index in [9.17, 15) is 0 Å². The molecule has 1 heterocycles. The van der Waals surface area contributed by atoms with Gasteiger partial charge in [0.15, 0.2) is 0 Å². The topological polar surface area (TPSA) is 38.9 Å². The highest BCUT2D eigenvalue weighted by Crippen LogP contribution is 2.26. The molecule has 1 aromatic rings. The molecule has 1 atom stereocenters. The van der Waals surface area contributed by atoms with E-state index in [2.05, 4.69) is 44.8 Å². The largest absolute Gasteiger partial charge is 0.328 e. The summed E-state index contributed by atoms with van der Waals surface area (Å²) in [6, 6.07) is 4.57. The van der Waals surface area contributed by atoms with E-state index in [4.69, 9.17) is 5.73 Å². The van der Waals surface area contributed by atoms with Gasteiger partial charge in [0.05, 0.1) is 0 Å². The van der Waals surface area contributed by atoms with Crippen LogP contribution in [0.25, 0.3) is 0 Å². The number of nitrogens with two attached hydrogens (primary N) is 1. The minimum atomic E-state index is 0.231. The molecule has 2 heteroatoms. The Labute approximate surface area is 99.3 Å². The molecular formula is C14H24N2. The van der Waals surface area contributed by atoms with Gasteiger partial charge in [0, 0.05) is 17.9 Å². The number of nitrogens with zero attached hydrogens (tertiary/aromatic N) is 1. The van der Waals surface area contributed by atoms with Crippen molar-refractivity contribution >= 4 is 0 Å². The molecule has 0 radical (unpaired) electrons. The molecule has 0 saturated carbocycles. The van der Waals surface area contributed by atoms with E-state index >= 15 is 0 Å². The van der Waals surface area contributed by atoms with Crippen molar-refractivity contribution in [2.24, 2.45) is 11.1 Å². The highest BCUT2D eigenvalue weighted by atomic mass is 14.7. The number of hydrogen-bond acceptors (Lipinski definition) is 2. The molecule has 1 rings (SSSR count). The molecule has 0 bridgehead atoms. The average molecular weight is 220 g/mol. The van der Waals surface area contributed by atoms with Gasteiger partial charge in [-0.05, 0) is 43.2 Å². The lowest BCUT2D eigenvalue weighted by molar-refractivity contribution is 0.306. The van der Waals surface area contributed by atoms with Crippen LogP contribution in [0.1, 0.15) is 45.4 Å². The summed E-state index contributed by atoms with van der Waals surface area (Å²) < 4.78 is 0. The molecule has 2 N–H and O–H groups in total. The monoisotopic (exact) mass is 220 g/mol. The van der Waals surface area contributed by atoms with Gasteiger partial charge in [-0.15, -0.1) is 0 Å². The minimum Gasteiger partial charge on any atom is -0.328 e. The second kappa shape index (κ2) is 5.44. The summed E-state index contributed by atoms with van der Waals surface area (Å²) in [7, 11) is 0. The summed E-state index contributed by atoms with van der Waals surface area (Å²) in [6.07, 6.45) is 5.07. The third kappa shape index (κ3) is 4.31. The van der Waals surface area contributed by atoms with Crippen molar-refractivity contribution in [2.45, 2.75) is 53.0 Å². The highest BCUT2D eigenvalue weighted by molar-refractivity contribution is 5.14. The second-order valence-electron chi connectivity index (χ2n) is 5.53. The molecular weight excluding hydrogens is 196 g/mol. The fourth-order valence-corrected chi connectivity index (χ4v) is 2.20. The predicted octanol–water partition coefficient (Wildman–Crippen LogP) is 2.95. The molecule has 1 aromatic heterocycles. The van der Waals surface area contributed by atoms with E-state index in [0.717, 1.165) is 19.3 Å². The van der Waals surface area contributed by atoms with Crippen molar-refractivity contribution in [1.29, 1.82) is 0 Å². The molecule has 0 fully saturated rings. The van der Waals surface area contributed by atoms with Gasteiger partial charge in [-0.25, -0.2) is 0 Å². The van der Waals surface area contributed by atoms with E-state index in [1.807, 2.05) is 6.20 Å². The fraction of sp³-hybridized carbons (Fsp3) is 0.643. The molecule has 0 aliphatic rings. The van der Waals surface area contributed by atoms with Crippen LogP contribution in [0.3, 0.4) is 0 Å². The molecule has 16 heavy (non-hydrogen) atoms. The first kappa shape index (κ1) is 13.2. The maximum Gasteiger partial charge on any atom is 0.0409 e. The molecule has 0 spiro atoms. The van der Waals surface area contributed by atoms with Crippen molar-refractivity contribution in [1.82, 2.24) is 4.98 Å². The first-order valence-electron chi connectivity index (χ1n) is 6.12. The Hall–Kier alpha value is -0.890. The number of aromatic nitrogens is 1. The van der Waals surface area contributed by atoms with Crippen LogP contribution in [-0.2, 0) is 12.8 Å². The van der Waals surface area contributed by atoms with Crippen LogP contribution in [0.15, 0.2) is 18.3 Å². The van der Waals surface area contributed by atoms with Crippen LogP contribution < -0.4 is 5.73 Å². The standard InChI is InChI=1S/C14H24N2/c1-5-12-6-7-13(16-10-12)9-14(3,4)8-11(2)15/h6-7,10-11H,5,8-9,15H2,1-4H3. The highest BCUT2D eigenvalue weighted by Gasteiger charge is 2.20. The van der Waals surface area contributed by atoms with E-state index in [0.29, 0.717) is 0 Å². The van der Waals surface area contributed by atoms with Gasteiger partial charge >= 0.3 is 0 Å². The molecule has 2 nitrogen and oxygen atoms in total. The summed E-state index contributed by atoms with van der Waals surface area (Å²) in [5.74, 6) is 0. The van der Waals surface area contributed by atoms with Crippen molar-refractivity contribution in [3.8, 4) is 0 Å². The first-order valence-corrected chi connectivity index (χ1v) is 6.12. The van der Waals surface area contributed by atoms with Gasteiger partial charge in [0.25, 0.3) is 0 Å². The SMILES string of the molecule is CCc1ccc(CC(C)(C)CC(C)N)nc1. The van der Waals surface area contributed by atoms with Gasteiger partial charge in [0.2, 0.25) is 0 Å². The summed E-state index contributed by atoms with van der Waals surface area (Å²) in [6.45, 7) is 8.73. The van der Waals surface area contributed by atoms with Gasteiger partial charge in [0.1, 0.15) is 0 Å². The van der Waals surface area contributed by atoms with Crippen molar-refractivity contribution < 1.29 is 0 Å². The van der Waals surface area contributed by atoms with E-state index < -0.39 is 0 Å². The van der Waals surface area contributed by atoms with Crippen LogP contribution in [0.4, 0.5) is 0 Å². The smallest absolute Gasteiger partial charge is 0.0409 e. The summed E-state index contributed by atoms with van der Waals surface area (Å²) in [5, 5.41) is 0. The molecule has 0 amide bonds. The predicted molar refractivity (Wildman–Crippen MR) is 69.4 cm³/mol. The number of pyridine rings is 1. The zero-order valence-electron chi connectivity index (χ0n) is 11.0. The number of rotatable bonds is 5. The van der Waals surface area contributed by atoms with Crippen LogP contribution in [0.2, 0.25) is 0 Å². The van der Waals surface area contributed by atoms with Gasteiger partial charge < -0.3 is 5.73 Å². The Morgan fingerprint density at radius 1 is 1.38 bits per heavy atom. The quantitative estimate of drug-likeness (QED) is 0.828. The number of aryl methyl sites for hydroxylation is 1. The number of hydrogen-bond donors (Lipinski definition) is 1. The lowest BCUT2D eigenvalue weighted by Gasteiger charge is -2.26. The summed E-state index contributed by atoms with van der Waals surface area (Å²) >= 11 is 0. The Bertz CT molecular complexity index is 312. The maximum atomic E-state index is 5.86. The Kier molecular flexibility index (Phi) is 4.48. The first-order chi connectivity index (χ1) is 7.43. The lowest BCUT2D eigenvalue weighted by atomic mass is 9.82. The zero-order valence-corrected chi connectivity index (χ0v) is 11.0. The van der Waals surface area contributed by atoms with Crippen molar-refractivity contribution in [3.05, 3.63) is 29.6 Å². The molecule has 0 aliphatic heterocycles.